The molecule has 5 nitrogen and oxygen atoms in total. The molecule has 5 heteroatoms. The van der Waals surface area contributed by atoms with Crippen LogP contribution in [0.2, 0.25) is 0 Å². The molecule has 1 atom stereocenters. The Labute approximate surface area is 151 Å². The average molecular weight is 345 g/mol. The van der Waals surface area contributed by atoms with Crippen LogP contribution in [0.25, 0.3) is 0 Å². The summed E-state index contributed by atoms with van der Waals surface area (Å²) in [6, 6.07) is 6.44. The second-order valence-corrected chi connectivity index (χ2v) is 7.31. The molecule has 2 aliphatic rings. The van der Waals surface area contributed by atoms with E-state index in [1.54, 1.807) is 0 Å². The molecule has 2 aliphatic heterocycles. The van der Waals surface area contributed by atoms with Crippen LogP contribution in [-0.2, 0) is 11.3 Å². The number of likely N-dealkylation sites (N-methyl/N-ethyl adjacent to an activating group) is 1. The summed E-state index contributed by atoms with van der Waals surface area (Å²) in [7, 11) is 0. The number of nitrogens with zero attached hydrogens (tertiary/aromatic N) is 2. The molecule has 2 N–H and O–H groups in total. The van der Waals surface area contributed by atoms with Gasteiger partial charge in [0.05, 0.1) is 5.92 Å². The van der Waals surface area contributed by atoms with Crippen LogP contribution in [0, 0.1) is 6.92 Å². The number of carbonyl (C=O) groups excluding carboxylic acids is 1. The number of nitrogens with one attached hydrogen (secondary N) is 2. The number of aryl methyl sites for hydroxylation is 1. The molecular formula is C20H32N4O. The van der Waals surface area contributed by atoms with E-state index in [-0.39, 0.29) is 11.8 Å². The molecule has 1 aromatic carbocycles. The summed E-state index contributed by atoms with van der Waals surface area (Å²) < 4.78 is 0. The van der Waals surface area contributed by atoms with Crippen molar-refractivity contribution in [2.45, 2.75) is 32.7 Å². The molecule has 0 aliphatic carbocycles. The van der Waals surface area contributed by atoms with Gasteiger partial charge in [-0.3, -0.25) is 4.79 Å². The van der Waals surface area contributed by atoms with Gasteiger partial charge in [-0.2, -0.15) is 0 Å². The predicted molar refractivity (Wildman–Crippen MR) is 102 cm³/mol. The second-order valence-electron chi connectivity index (χ2n) is 7.31. The molecule has 0 bridgehead atoms. The van der Waals surface area contributed by atoms with E-state index in [9.17, 15) is 4.79 Å². The number of fused-ring (bicyclic) bond motifs is 1. The monoisotopic (exact) mass is 344 g/mol. The Morgan fingerprint density at radius 3 is 2.76 bits per heavy atom. The zero-order valence-corrected chi connectivity index (χ0v) is 15.7. The number of hydrogen-bond donors (Lipinski definition) is 2. The van der Waals surface area contributed by atoms with Crippen LogP contribution in [0.1, 0.15) is 36.0 Å². The highest BCUT2D eigenvalue weighted by molar-refractivity contribution is 5.84. The summed E-state index contributed by atoms with van der Waals surface area (Å²) in [6.45, 7) is 13.6. The van der Waals surface area contributed by atoms with Crippen molar-refractivity contribution >= 4 is 5.91 Å². The third kappa shape index (κ3) is 4.81. The quantitative estimate of drug-likeness (QED) is 0.765. The molecule has 2 heterocycles. The summed E-state index contributed by atoms with van der Waals surface area (Å²) in [4.78, 5) is 17.6. The zero-order chi connectivity index (χ0) is 17.6. The maximum absolute atomic E-state index is 12.6. The van der Waals surface area contributed by atoms with Crippen molar-refractivity contribution in [3.8, 4) is 0 Å². The Bertz CT molecular complexity index is 581. The fraction of sp³-hybridized carbons (Fsp3) is 0.650. The lowest BCUT2D eigenvalue weighted by Crippen LogP contribution is -2.46. The van der Waals surface area contributed by atoms with E-state index < -0.39 is 0 Å². The van der Waals surface area contributed by atoms with Crippen molar-refractivity contribution in [3.05, 3.63) is 34.9 Å². The van der Waals surface area contributed by atoms with Gasteiger partial charge in [-0.05, 0) is 37.6 Å². The Balaban J connectivity index is 1.42. The number of carbonyl (C=O) groups is 1. The molecule has 1 unspecified atom stereocenters. The first kappa shape index (κ1) is 18.4. The van der Waals surface area contributed by atoms with E-state index in [1.165, 1.54) is 29.8 Å². The van der Waals surface area contributed by atoms with Crippen LogP contribution in [0.4, 0.5) is 0 Å². The minimum atomic E-state index is -0.0586. The summed E-state index contributed by atoms with van der Waals surface area (Å²) in [5.74, 6) is 0.103. The lowest BCUT2D eigenvalue weighted by Gasteiger charge is -2.34. The van der Waals surface area contributed by atoms with Crippen molar-refractivity contribution in [1.82, 2.24) is 20.4 Å². The first-order valence-electron chi connectivity index (χ1n) is 9.70. The summed E-state index contributed by atoms with van der Waals surface area (Å²) in [5.41, 5.74) is 3.68. The van der Waals surface area contributed by atoms with Gasteiger partial charge in [0.15, 0.2) is 0 Å². The maximum atomic E-state index is 12.6. The Morgan fingerprint density at radius 2 is 2.00 bits per heavy atom. The van der Waals surface area contributed by atoms with Crippen molar-refractivity contribution < 1.29 is 4.79 Å². The molecule has 1 fully saturated rings. The topological polar surface area (TPSA) is 47.6 Å². The number of benzene rings is 1. The lowest BCUT2D eigenvalue weighted by molar-refractivity contribution is -0.122. The van der Waals surface area contributed by atoms with E-state index in [0.717, 1.165) is 52.2 Å². The normalized spacial score (nSPS) is 21.8. The molecule has 0 radical (unpaired) electrons. The van der Waals surface area contributed by atoms with Crippen LogP contribution in [0.15, 0.2) is 18.2 Å². The first-order chi connectivity index (χ1) is 12.2. The van der Waals surface area contributed by atoms with Gasteiger partial charge in [0.1, 0.15) is 0 Å². The Morgan fingerprint density at radius 1 is 1.24 bits per heavy atom. The standard InChI is InChI=1S/C20H32N4O/c1-3-23-9-11-24(12-10-23)8-4-7-22-20(25)19-15-21-14-17-6-5-16(2)13-18(17)19/h5-6,13,19,21H,3-4,7-12,14-15H2,1-2H3,(H,22,25). The first-order valence-corrected chi connectivity index (χ1v) is 9.70. The molecule has 1 aromatic rings. The molecule has 1 saturated heterocycles. The zero-order valence-electron chi connectivity index (χ0n) is 15.7. The fourth-order valence-corrected chi connectivity index (χ4v) is 3.86. The van der Waals surface area contributed by atoms with Crippen molar-refractivity contribution in [3.63, 3.8) is 0 Å². The number of rotatable bonds is 6. The van der Waals surface area contributed by atoms with Crippen molar-refractivity contribution in [1.29, 1.82) is 0 Å². The third-order valence-electron chi connectivity index (χ3n) is 5.52. The van der Waals surface area contributed by atoms with Gasteiger partial charge in [0.2, 0.25) is 5.91 Å². The fourth-order valence-electron chi connectivity index (χ4n) is 3.86. The summed E-state index contributed by atoms with van der Waals surface area (Å²) in [6.07, 6.45) is 1.03. The lowest BCUT2D eigenvalue weighted by atomic mass is 9.89. The molecule has 0 spiro atoms. The maximum Gasteiger partial charge on any atom is 0.228 e. The molecule has 138 valence electrons. The molecule has 25 heavy (non-hydrogen) atoms. The Kier molecular flexibility index (Phi) is 6.45. The molecular weight excluding hydrogens is 312 g/mol. The van der Waals surface area contributed by atoms with Crippen molar-refractivity contribution in [2.75, 3.05) is 52.4 Å². The van der Waals surface area contributed by atoms with Gasteiger partial charge in [-0.15, -0.1) is 0 Å². The van der Waals surface area contributed by atoms with Crippen LogP contribution < -0.4 is 10.6 Å². The number of hydrogen-bond acceptors (Lipinski definition) is 4. The van der Waals surface area contributed by atoms with Gasteiger partial charge in [0.25, 0.3) is 0 Å². The van der Waals surface area contributed by atoms with Crippen LogP contribution in [-0.4, -0.2) is 68.1 Å². The van der Waals surface area contributed by atoms with Crippen molar-refractivity contribution in [2.24, 2.45) is 0 Å². The minimum Gasteiger partial charge on any atom is -0.355 e. The number of amides is 1. The average Bonchev–Trinajstić information content (AvgIpc) is 2.65. The molecule has 1 amide bonds. The van der Waals surface area contributed by atoms with Gasteiger partial charge in [-0.1, -0.05) is 30.7 Å². The second kappa shape index (κ2) is 8.79. The Hall–Kier alpha value is -1.43. The van der Waals surface area contributed by atoms with Crippen LogP contribution in [0.3, 0.4) is 0 Å². The number of piperazine rings is 1. The highest BCUT2D eigenvalue weighted by Gasteiger charge is 2.26. The molecule has 0 aromatic heterocycles. The molecule has 0 saturated carbocycles. The van der Waals surface area contributed by atoms with E-state index in [0.29, 0.717) is 0 Å². The molecule has 3 rings (SSSR count). The third-order valence-corrected chi connectivity index (χ3v) is 5.52. The van der Waals surface area contributed by atoms with E-state index in [4.69, 9.17) is 0 Å². The van der Waals surface area contributed by atoms with E-state index in [2.05, 4.69) is 52.5 Å². The summed E-state index contributed by atoms with van der Waals surface area (Å²) in [5, 5.41) is 6.53. The predicted octanol–water partition coefficient (Wildman–Crippen LogP) is 1.33. The van der Waals surface area contributed by atoms with Gasteiger partial charge in [0, 0.05) is 45.8 Å². The smallest absolute Gasteiger partial charge is 0.228 e. The summed E-state index contributed by atoms with van der Waals surface area (Å²) >= 11 is 0. The SMILES string of the molecule is CCN1CCN(CCCNC(=O)C2CNCc3ccc(C)cc32)CC1. The van der Waals surface area contributed by atoms with E-state index >= 15 is 0 Å². The van der Waals surface area contributed by atoms with E-state index in [1.807, 2.05) is 0 Å². The van der Waals surface area contributed by atoms with Crippen LogP contribution in [0.5, 0.6) is 0 Å². The van der Waals surface area contributed by atoms with Gasteiger partial charge < -0.3 is 20.4 Å². The van der Waals surface area contributed by atoms with Gasteiger partial charge in [-0.25, -0.2) is 0 Å². The highest BCUT2D eigenvalue weighted by atomic mass is 16.1. The van der Waals surface area contributed by atoms with Gasteiger partial charge >= 0.3 is 0 Å². The highest BCUT2D eigenvalue weighted by Crippen LogP contribution is 2.25. The minimum absolute atomic E-state index is 0.0586. The van der Waals surface area contributed by atoms with Crippen LogP contribution >= 0.6 is 0 Å². The largest absolute Gasteiger partial charge is 0.355 e.